The van der Waals surface area contributed by atoms with Crippen molar-refractivity contribution in [3.63, 3.8) is 0 Å². The molecule has 72 valence electrons. The first kappa shape index (κ1) is 13.8. The van der Waals surface area contributed by atoms with Gasteiger partial charge in [0, 0.05) is 0 Å². The van der Waals surface area contributed by atoms with Gasteiger partial charge in [0.1, 0.15) is 0 Å². The Morgan fingerprint density at radius 2 is 1.86 bits per heavy atom. The summed E-state index contributed by atoms with van der Waals surface area (Å²) in [6, 6.07) is 7.96. The van der Waals surface area contributed by atoms with Crippen molar-refractivity contribution >= 4 is 9.94 Å². The third kappa shape index (κ3) is 4.35. The summed E-state index contributed by atoms with van der Waals surface area (Å²) in [7, 11) is 0. The van der Waals surface area contributed by atoms with Crippen LogP contribution in [0.2, 0.25) is 0 Å². The van der Waals surface area contributed by atoms with E-state index in [-0.39, 0.29) is 18.2 Å². The van der Waals surface area contributed by atoms with Crippen LogP contribution in [-0.4, -0.2) is 5.78 Å². The maximum atomic E-state index is 11.5. The van der Waals surface area contributed by atoms with Crippen molar-refractivity contribution in [3.8, 4) is 0 Å². The molecule has 0 saturated carbocycles. The zero-order valence-corrected chi connectivity index (χ0v) is 12.1. The minimum atomic E-state index is 0. The first-order valence-electron chi connectivity index (χ1n) is 4.69. The topological polar surface area (TPSA) is 17.1 Å². The summed E-state index contributed by atoms with van der Waals surface area (Å²) >= 11 is 1.16. The second-order valence-electron chi connectivity index (χ2n) is 3.22. The minimum absolute atomic E-state index is 0. The minimum Gasteiger partial charge on any atom is -1.00 e. The quantitative estimate of drug-likeness (QED) is 0.514. The van der Waals surface area contributed by atoms with Gasteiger partial charge in [0.05, 0.1) is 0 Å². The Morgan fingerprint density at radius 1 is 1.29 bits per heavy atom. The number of halogens is 1. The van der Waals surface area contributed by atoms with E-state index >= 15 is 0 Å². The Hall–Kier alpha value is -0.197. The maximum Gasteiger partial charge on any atom is -1.00 e. The SMILES string of the molecule is CCCCC(=O)c1cc[c]([Zn+])cc1.[Cl-]. The molecule has 1 aromatic rings. The van der Waals surface area contributed by atoms with Gasteiger partial charge in [-0.1, -0.05) is 0 Å². The first-order valence-corrected chi connectivity index (χ1v) is 6.17. The van der Waals surface area contributed by atoms with Gasteiger partial charge in [0.25, 0.3) is 0 Å². The maximum absolute atomic E-state index is 11.5. The van der Waals surface area contributed by atoms with Crippen molar-refractivity contribution < 1.29 is 35.5 Å². The van der Waals surface area contributed by atoms with Crippen molar-refractivity contribution in [1.82, 2.24) is 0 Å². The van der Waals surface area contributed by atoms with Gasteiger partial charge in [-0.05, 0) is 0 Å². The van der Waals surface area contributed by atoms with E-state index in [0.717, 1.165) is 36.7 Å². The molecule has 0 fully saturated rings. The molecule has 0 radical (unpaired) electrons. The summed E-state index contributed by atoms with van der Waals surface area (Å²) in [6.45, 7) is 2.10. The number of rotatable bonds is 4. The van der Waals surface area contributed by atoms with Crippen molar-refractivity contribution in [1.29, 1.82) is 0 Å². The zero-order chi connectivity index (χ0) is 9.68. The van der Waals surface area contributed by atoms with Crippen LogP contribution in [0.15, 0.2) is 24.3 Å². The molecule has 0 unspecified atom stereocenters. The molecular formula is C11H13ClOZn. The van der Waals surface area contributed by atoms with Crippen LogP contribution in [0.25, 0.3) is 0 Å². The van der Waals surface area contributed by atoms with Gasteiger partial charge >= 0.3 is 89.1 Å². The average Bonchev–Trinajstić information content (AvgIpc) is 2.15. The molecule has 0 aromatic heterocycles. The van der Waals surface area contributed by atoms with Crippen molar-refractivity contribution in [2.75, 3.05) is 0 Å². The van der Waals surface area contributed by atoms with Gasteiger partial charge in [-0.2, -0.15) is 0 Å². The van der Waals surface area contributed by atoms with E-state index in [9.17, 15) is 4.79 Å². The largest absolute Gasteiger partial charge is 1.00 e. The number of hydrogen-bond acceptors (Lipinski definition) is 1. The molecule has 0 bridgehead atoms. The van der Waals surface area contributed by atoms with Crippen LogP contribution >= 0.6 is 0 Å². The zero-order valence-electron chi connectivity index (χ0n) is 8.42. The van der Waals surface area contributed by atoms with Crippen LogP contribution in [-0.2, 0) is 18.3 Å². The molecule has 0 heterocycles. The van der Waals surface area contributed by atoms with Crippen LogP contribution in [0.5, 0.6) is 0 Å². The second kappa shape index (κ2) is 7.14. The average molecular weight is 262 g/mol. The molecular weight excluding hydrogens is 249 g/mol. The molecule has 0 aliphatic rings. The fraction of sp³-hybridized carbons (Fsp3) is 0.364. The Kier molecular flexibility index (Phi) is 7.04. The molecule has 14 heavy (non-hydrogen) atoms. The van der Waals surface area contributed by atoms with Gasteiger partial charge in [0.15, 0.2) is 0 Å². The van der Waals surface area contributed by atoms with Crippen LogP contribution in [0, 0.1) is 0 Å². The second-order valence-corrected chi connectivity index (χ2v) is 4.94. The fourth-order valence-electron chi connectivity index (χ4n) is 1.17. The fourth-order valence-corrected chi connectivity index (χ4v) is 1.67. The van der Waals surface area contributed by atoms with E-state index in [4.69, 9.17) is 0 Å². The van der Waals surface area contributed by atoms with E-state index in [1.807, 2.05) is 24.3 Å². The number of carbonyl (C=O) groups is 1. The molecule has 1 nitrogen and oxygen atoms in total. The van der Waals surface area contributed by atoms with Crippen molar-refractivity contribution in [3.05, 3.63) is 29.8 Å². The predicted octanol–water partition coefficient (Wildman–Crippen LogP) is -0.764. The monoisotopic (exact) mass is 260 g/mol. The molecule has 3 heteroatoms. The molecule has 1 aromatic carbocycles. The summed E-state index contributed by atoms with van der Waals surface area (Å²) in [5.74, 6) is 0.279. The standard InChI is InChI=1S/C11H13O.ClH.Zn/c1-2-3-9-11(12)10-7-5-4-6-8-10;;/h5-8H,2-3,9H2,1H3;1H;/q;;+1/p-1. The molecule has 0 atom stereocenters. The number of benzene rings is 1. The first-order chi connectivity index (χ1) is 6.24. The van der Waals surface area contributed by atoms with Crippen LogP contribution in [0.1, 0.15) is 36.5 Å². The van der Waals surface area contributed by atoms with Crippen LogP contribution in [0.4, 0.5) is 0 Å². The molecule has 1 rings (SSSR count). The summed E-state index contributed by atoms with van der Waals surface area (Å²) in [5, 5.41) is 0. The van der Waals surface area contributed by atoms with Gasteiger partial charge < -0.3 is 12.4 Å². The van der Waals surface area contributed by atoms with Crippen molar-refractivity contribution in [2.45, 2.75) is 26.2 Å². The Bertz CT molecular complexity index is 282. The summed E-state index contributed by atoms with van der Waals surface area (Å²) < 4.78 is 1.33. The van der Waals surface area contributed by atoms with E-state index in [0.29, 0.717) is 6.42 Å². The molecule has 0 amide bonds. The normalized spacial score (nSPS) is 9.36. The smallest absolute Gasteiger partial charge is 1.00 e. The third-order valence-electron chi connectivity index (χ3n) is 2.03. The number of carbonyl (C=O) groups excluding carboxylic acids is 1. The summed E-state index contributed by atoms with van der Waals surface area (Å²) in [6.07, 6.45) is 2.78. The Morgan fingerprint density at radius 3 is 2.36 bits per heavy atom. The third-order valence-corrected chi connectivity index (χ3v) is 3.02. The van der Waals surface area contributed by atoms with E-state index in [1.54, 1.807) is 0 Å². The Balaban J connectivity index is 0.00000169. The van der Waals surface area contributed by atoms with Gasteiger partial charge in [-0.15, -0.1) is 0 Å². The summed E-state index contributed by atoms with van der Waals surface area (Å²) in [5.41, 5.74) is 0.866. The molecule has 0 saturated heterocycles. The number of ketones is 1. The van der Waals surface area contributed by atoms with E-state index in [1.165, 1.54) is 4.16 Å². The molecule has 0 aliphatic carbocycles. The van der Waals surface area contributed by atoms with Crippen LogP contribution < -0.4 is 16.6 Å². The van der Waals surface area contributed by atoms with E-state index in [2.05, 4.69) is 6.92 Å². The molecule has 0 N–H and O–H groups in total. The number of unbranched alkanes of at least 4 members (excludes halogenated alkanes) is 1. The van der Waals surface area contributed by atoms with Gasteiger partial charge in [-0.3, -0.25) is 0 Å². The summed E-state index contributed by atoms with van der Waals surface area (Å²) in [4.78, 5) is 11.5. The van der Waals surface area contributed by atoms with Crippen molar-refractivity contribution in [2.24, 2.45) is 0 Å². The van der Waals surface area contributed by atoms with Crippen LogP contribution in [0.3, 0.4) is 0 Å². The van der Waals surface area contributed by atoms with Gasteiger partial charge in [0.2, 0.25) is 0 Å². The number of Topliss-reactive ketones (excluding diaryl/α,β-unsaturated/α-hetero) is 1. The van der Waals surface area contributed by atoms with Gasteiger partial charge in [-0.25, -0.2) is 0 Å². The Labute approximate surface area is 101 Å². The number of hydrogen-bond donors (Lipinski definition) is 0. The predicted molar refractivity (Wildman–Crippen MR) is 49.9 cm³/mol. The molecule has 0 aliphatic heterocycles. The van der Waals surface area contributed by atoms with E-state index < -0.39 is 0 Å². The molecule has 0 spiro atoms.